The molecule has 1 aliphatic heterocycles. The van der Waals surface area contributed by atoms with E-state index in [4.69, 9.17) is 10.7 Å². The lowest BCUT2D eigenvalue weighted by Crippen LogP contribution is -2.45. The third-order valence-corrected chi connectivity index (χ3v) is 6.20. The Morgan fingerprint density at radius 2 is 2.25 bits per heavy atom. The van der Waals surface area contributed by atoms with Crippen LogP contribution in [0.3, 0.4) is 0 Å². The number of nitrogens with two attached hydrogens (primary N) is 1. The molecule has 4 rings (SSSR count). The lowest BCUT2D eigenvalue weighted by molar-refractivity contribution is 0.492. The molecule has 0 aliphatic carbocycles. The largest absolute Gasteiger partial charge is 0.380 e. The second-order valence-corrected chi connectivity index (χ2v) is 8.05. The molecular formula is C20H22N6OS. The van der Waals surface area contributed by atoms with Crippen molar-refractivity contribution in [2.24, 2.45) is 5.73 Å². The molecule has 3 N–H and O–H groups in total. The molecule has 1 atom stereocenters. The quantitative estimate of drug-likeness (QED) is 0.705. The molecule has 8 heteroatoms. The predicted molar refractivity (Wildman–Crippen MR) is 113 cm³/mol. The zero-order valence-corrected chi connectivity index (χ0v) is 16.5. The van der Waals surface area contributed by atoms with Crippen molar-refractivity contribution in [3.05, 3.63) is 51.8 Å². The normalized spacial score (nSPS) is 16.9. The van der Waals surface area contributed by atoms with Gasteiger partial charge in [0.2, 0.25) is 5.95 Å². The molecule has 0 spiro atoms. The highest BCUT2D eigenvalue weighted by atomic mass is 32.1. The fourth-order valence-electron chi connectivity index (χ4n) is 3.64. The maximum Gasteiger partial charge on any atom is 0.273 e. The Morgan fingerprint density at radius 3 is 3.00 bits per heavy atom. The van der Waals surface area contributed by atoms with Crippen LogP contribution in [0, 0.1) is 11.3 Å². The molecule has 0 amide bonds. The minimum absolute atomic E-state index is 0.0662. The smallest absolute Gasteiger partial charge is 0.273 e. The highest BCUT2D eigenvalue weighted by Crippen LogP contribution is 2.28. The van der Waals surface area contributed by atoms with Crippen LogP contribution >= 0.6 is 11.3 Å². The fraction of sp³-hybridized carbons (Fsp3) is 0.350. The van der Waals surface area contributed by atoms with E-state index in [1.54, 1.807) is 10.6 Å². The molecule has 3 heterocycles. The van der Waals surface area contributed by atoms with Gasteiger partial charge < -0.3 is 16.0 Å². The SMILES string of the molecule is CNc1cc2nc(N3CCC[C@@H](N)C3)n(Cc3ccccc3C#N)c(=O)c2s1. The molecular weight excluding hydrogens is 372 g/mol. The first-order valence-corrected chi connectivity index (χ1v) is 10.1. The van der Waals surface area contributed by atoms with Crippen LogP contribution in [-0.4, -0.2) is 35.7 Å². The van der Waals surface area contributed by atoms with Gasteiger partial charge in [-0.05, 0) is 30.5 Å². The van der Waals surface area contributed by atoms with Gasteiger partial charge in [-0.1, -0.05) is 18.2 Å². The summed E-state index contributed by atoms with van der Waals surface area (Å²) in [6.07, 6.45) is 1.94. The summed E-state index contributed by atoms with van der Waals surface area (Å²) in [5, 5.41) is 13.4. The van der Waals surface area contributed by atoms with Gasteiger partial charge in [0, 0.05) is 26.2 Å². The maximum atomic E-state index is 13.4. The van der Waals surface area contributed by atoms with Gasteiger partial charge >= 0.3 is 0 Å². The van der Waals surface area contributed by atoms with E-state index < -0.39 is 0 Å². The molecule has 0 saturated carbocycles. The average Bonchev–Trinajstić information content (AvgIpc) is 3.14. The number of thiophene rings is 1. The van der Waals surface area contributed by atoms with Crippen molar-refractivity contribution in [1.82, 2.24) is 9.55 Å². The van der Waals surface area contributed by atoms with Crippen molar-refractivity contribution in [1.29, 1.82) is 5.26 Å². The summed E-state index contributed by atoms with van der Waals surface area (Å²) in [4.78, 5) is 20.3. The van der Waals surface area contributed by atoms with Gasteiger partial charge in [0.15, 0.2) is 0 Å². The standard InChI is InChI=1S/C20H22N6OS/c1-23-17-9-16-18(28-17)19(27)26(11-14-6-3-2-5-13(14)10-21)20(24-16)25-8-4-7-15(22)12-25/h2-3,5-6,9,15,23H,4,7-8,11-12,22H2,1H3/t15-/m1/s1. The van der Waals surface area contributed by atoms with E-state index in [1.165, 1.54) is 11.3 Å². The van der Waals surface area contributed by atoms with E-state index >= 15 is 0 Å². The third-order valence-electron chi connectivity index (χ3n) is 5.07. The van der Waals surface area contributed by atoms with Gasteiger partial charge in [-0.25, -0.2) is 4.98 Å². The number of piperidine rings is 1. The number of nitrogens with one attached hydrogen (secondary N) is 1. The number of rotatable bonds is 4. The molecule has 1 fully saturated rings. The van der Waals surface area contributed by atoms with Crippen LogP contribution in [0.5, 0.6) is 0 Å². The minimum atomic E-state index is -0.0848. The second-order valence-electron chi connectivity index (χ2n) is 7.00. The Morgan fingerprint density at radius 1 is 1.43 bits per heavy atom. The lowest BCUT2D eigenvalue weighted by Gasteiger charge is -2.33. The molecule has 0 unspecified atom stereocenters. The minimum Gasteiger partial charge on any atom is -0.380 e. The van der Waals surface area contributed by atoms with Crippen molar-refractivity contribution in [3.8, 4) is 6.07 Å². The Balaban J connectivity index is 1.88. The van der Waals surface area contributed by atoms with E-state index in [0.29, 0.717) is 34.8 Å². The highest BCUT2D eigenvalue weighted by Gasteiger charge is 2.23. The summed E-state index contributed by atoms with van der Waals surface area (Å²) in [7, 11) is 1.83. The molecule has 2 aromatic heterocycles. The third kappa shape index (κ3) is 3.35. The van der Waals surface area contributed by atoms with E-state index in [-0.39, 0.29) is 11.6 Å². The van der Waals surface area contributed by atoms with Gasteiger partial charge in [-0.3, -0.25) is 9.36 Å². The molecule has 1 saturated heterocycles. The zero-order chi connectivity index (χ0) is 19.7. The fourth-order valence-corrected chi connectivity index (χ4v) is 4.53. The van der Waals surface area contributed by atoms with Crippen LogP contribution in [0.15, 0.2) is 35.1 Å². The molecule has 3 aromatic rings. The van der Waals surface area contributed by atoms with Gasteiger partial charge in [0.1, 0.15) is 4.70 Å². The van der Waals surface area contributed by atoms with Crippen molar-refractivity contribution in [2.75, 3.05) is 30.4 Å². The predicted octanol–water partition coefficient (Wildman–Crippen LogP) is 2.35. The maximum absolute atomic E-state index is 13.4. The zero-order valence-electron chi connectivity index (χ0n) is 15.7. The molecule has 1 aliphatic rings. The van der Waals surface area contributed by atoms with Crippen LogP contribution in [-0.2, 0) is 6.54 Å². The van der Waals surface area contributed by atoms with Crippen LogP contribution in [0.1, 0.15) is 24.0 Å². The van der Waals surface area contributed by atoms with Crippen molar-refractivity contribution >= 4 is 32.5 Å². The van der Waals surface area contributed by atoms with Crippen LogP contribution in [0.2, 0.25) is 0 Å². The summed E-state index contributed by atoms with van der Waals surface area (Å²) < 4.78 is 2.30. The number of nitriles is 1. The lowest BCUT2D eigenvalue weighted by atomic mass is 10.1. The number of anilines is 2. The number of hydrogen-bond donors (Lipinski definition) is 2. The van der Waals surface area contributed by atoms with E-state index in [9.17, 15) is 10.1 Å². The number of aromatic nitrogens is 2. The van der Waals surface area contributed by atoms with Crippen molar-refractivity contribution < 1.29 is 0 Å². The first kappa shape index (κ1) is 18.5. The summed E-state index contributed by atoms with van der Waals surface area (Å²) in [6.45, 7) is 1.79. The summed E-state index contributed by atoms with van der Waals surface area (Å²) >= 11 is 1.40. The number of hydrogen-bond acceptors (Lipinski definition) is 7. The average molecular weight is 395 g/mol. The summed E-state index contributed by atoms with van der Waals surface area (Å²) in [6, 6.07) is 11.6. The molecule has 0 radical (unpaired) electrons. The Bertz CT molecular complexity index is 1110. The topological polar surface area (TPSA) is 100.0 Å². The van der Waals surface area contributed by atoms with Crippen molar-refractivity contribution in [3.63, 3.8) is 0 Å². The number of fused-ring (bicyclic) bond motifs is 1. The van der Waals surface area contributed by atoms with Gasteiger partial charge in [-0.15, -0.1) is 11.3 Å². The highest BCUT2D eigenvalue weighted by molar-refractivity contribution is 7.22. The molecule has 7 nitrogen and oxygen atoms in total. The number of nitrogens with zero attached hydrogens (tertiary/aromatic N) is 4. The van der Waals surface area contributed by atoms with Gasteiger partial charge in [-0.2, -0.15) is 5.26 Å². The second kappa shape index (κ2) is 7.62. The Kier molecular flexibility index (Phi) is 5.03. The number of benzene rings is 1. The van der Waals surface area contributed by atoms with Gasteiger partial charge in [0.05, 0.1) is 28.7 Å². The monoisotopic (exact) mass is 394 g/mol. The van der Waals surface area contributed by atoms with Crippen LogP contribution in [0.25, 0.3) is 10.2 Å². The summed E-state index contributed by atoms with van der Waals surface area (Å²) in [5.74, 6) is 0.626. The van der Waals surface area contributed by atoms with Crippen molar-refractivity contribution in [2.45, 2.75) is 25.4 Å². The Labute approximate surface area is 167 Å². The molecule has 28 heavy (non-hydrogen) atoms. The van der Waals surface area contributed by atoms with Gasteiger partial charge in [0.25, 0.3) is 5.56 Å². The van der Waals surface area contributed by atoms with E-state index in [0.717, 1.165) is 30.0 Å². The van der Waals surface area contributed by atoms with Crippen LogP contribution < -0.4 is 21.5 Å². The molecule has 0 bridgehead atoms. The first-order valence-electron chi connectivity index (χ1n) is 9.31. The van der Waals surface area contributed by atoms with Crippen LogP contribution in [0.4, 0.5) is 10.9 Å². The molecule has 144 valence electrons. The molecule has 1 aromatic carbocycles. The Hall–Kier alpha value is -2.89. The van der Waals surface area contributed by atoms with E-state index in [2.05, 4.69) is 16.3 Å². The first-order chi connectivity index (χ1) is 13.6. The summed E-state index contributed by atoms with van der Waals surface area (Å²) in [5.41, 5.74) is 8.16. The van der Waals surface area contributed by atoms with E-state index in [1.807, 2.05) is 31.3 Å².